The fraction of sp³-hybridized carbons (Fsp3) is 0.786. The van der Waals surface area contributed by atoms with Gasteiger partial charge in [-0.2, -0.15) is 0 Å². The van der Waals surface area contributed by atoms with E-state index in [4.69, 9.17) is 0 Å². The number of unbranched alkanes of at least 4 members (excludes halogenated alkanes) is 3. The minimum atomic E-state index is 0.331. The maximum Gasteiger partial charge on any atom is 0.155 e. The molecule has 0 aromatic heterocycles. The largest absolute Gasteiger partial charge is 0.295 e. The number of rotatable bonds is 7. The standard InChI is InChI=1S/C14H24O/c1-2-3-4-5-10-14(15)12-11-13-8-6-7-9-13/h11-13H,2-10H2,1H3/b12-11+. The molecule has 15 heavy (non-hydrogen) atoms. The van der Waals surface area contributed by atoms with Gasteiger partial charge in [0.1, 0.15) is 0 Å². The highest BCUT2D eigenvalue weighted by Gasteiger charge is 2.11. The van der Waals surface area contributed by atoms with Gasteiger partial charge in [-0.1, -0.05) is 45.1 Å². The fourth-order valence-electron chi connectivity index (χ4n) is 2.20. The maximum atomic E-state index is 11.5. The molecule has 0 saturated heterocycles. The van der Waals surface area contributed by atoms with Crippen LogP contribution in [-0.2, 0) is 4.79 Å². The summed E-state index contributed by atoms with van der Waals surface area (Å²) in [5, 5.41) is 0. The molecule has 0 aromatic rings. The van der Waals surface area contributed by atoms with Crippen LogP contribution in [0.2, 0.25) is 0 Å². The van der Waals surface area contributed by atoms with E-state index >= 15 is 0 Å². The molecule has 0 heterocycles. The van der Waals surface area contributed by atoms with E-state index in [0.29, 0.717) is 11.7 Å². The molecule has 0 aliphatic heterocycles. The second-order valence-electron chi connectivity index (χ2n) is 4.68. The van der Waals surface area contributed by atoms with Gasteiger partial charge in [-0.05, 0) is 31.3 Å². The lowest BCUT2D eigenvalue weighted by Crippen LogP contribution is -1.94. The summed E-state index contributed by atoms with van der Waals surface area (Å²) in [6.07, 6.45) is 14.8. The molecule has 1 aliphatic rings. The molecule has 0 aromatic carbocycles. The summed E-state index contributed by atoms with van der Waals surface area (Å²) in [5.74, 6) is 1.03. The minimum Gasteiger partial charge on any atom is -0.295 e. The molecule has 0 amide bonds. The van der Waals surface area contributed by atoms with Gasteiger partial charge >= 0.3 is 0 Å². The predicted molar refractivity (Wildman–Crippen MR) is 64.9 cm³/mol. The Bertz CT molecular complexity index is 199. The third kappa shape index (κ3) is 5.76. The lowest BCUT2D eigenvalue weighted by atomic mass is 10.1. The molecule has 1 rings (SSSR count). The minimum absolute atomic E-state index is 0.331. The summed E-state index contributed by atoms with van der Waals surface area (Å²) in [5.41, 5.74) is 0. The zero-order chi connectivity index (χ0) is 10.9. The first-order valence-electron chi connectivity index (χ1n) is 6.54. The van der Waals surface area contributed by atoms with Crippen LogP contribution >= 0.6 is 0 Å². The highest BCUT2D eigenvalue weighted by atomic mass is 16.1. The second-order valence-corrected chi connectivity index (χ2v) is 4.68. The van der Waals surface area contributed by atoms with Crippen molar-refractivity contribution in [2.45, 2.75) is 64.7 Å². The van der Waals surface area contributed by atoms with E-state index < -0.39 is 0 Å². The van der Waals surface area contributed by atoms with E-state index in [9.17, 15) is 4.79 Å². The molecule has 1 saturated carbocycles. The Morgan fingerprint density at radius 1 is 1.20 bits per heavy atom. The number of allylic oxidation sites excluding steroid dienone is 2. The molecule has 0 radical (unpaired) electrons. The molecule has 0 N–H and O–H groups in total. The number of ketones is 1. The Hall–Kier alpha value is -0.590. The van der Waals surface area contributed by atoms with E-state index in [0.717, 1.165) is 12.8 Å². The summed E-state index contributed by atoms with van der Waals surface area (Å²) >= 11 is 0. The van der Waals surface area contributed by atoms with Gasteiger partial charge in [-0.15, -0.1) is 0 Å². The molecule has 0 bridgehead atoms. The first kappa shape index (κ1) is 12.5. The van der Waals surface area contributed by atoms with Crippen molar-refractivity contribution in [3.8, 4) is 0 Å². The summed E-state index contributed by atoms with van der Waals surface area (Å²) in [6.45, 7) is 2.20. The maximum absolute atomic E-state index is 11.5. The van der Waals surface area contributed by atoms with Crippen LogP contribution in [0.25, 0.3) is 0 Å². The Kier molecular flexibility index (Phi) is 6.38. The van der Waals surface area contributed by atoms with Crippen molar-refractivity contribution in [2.75, 3.05) is 0 Å². The van der Waals surface area contributed by atoms with Crippen LogP contribution < -0.4 is 0 Å². The lowest BCUT2D eigenvalue weighted by Gasteiger charge is -2.00. The third-order valence-electron chi connectivity index (χ3n) is 3.23. The fourth-order valence-corrected chi connectivity index (χ4v) is 2.20. The van der Waals surface area contributed by atoms with E-state index in [1.807, 2.05) is 6.08 Å². The van der Waals surface area contributed by atoms with E-state index in [1.54, 1.807) is 0 Å². The normalized spacial score (nSPS) is 17.7. The average Bonchev–Trinajstić information content (AvgIpc) is 2.74. The second kappa shape index (κ2) is 7.67. The van der Waals surface area contributed by atoms with Crippen LogP contribution in [-0.4, -0.2) is 5.78 Å². The van der Waals surface area contributed by atoms with Crippen molar-refractivity contribution in [2.24, 2.45) is 5.92 Å². The number of carbonyl (C=O) groups excluding carboxylic acids is 1. The van der Waals surface area contributed by atoms with Crippen LogP contribution in [0, 0.1) is 5.92 Å². The van der Waals surface area contributed by atoms with Crippen molar-refractivity contribution in [1.82, 2.24) is 0 Å². The highest BCUT2D eigenvalue weighted by Crippen LogP contribution is 2.25. The molecule has 1 heteroatoms. The number of hydrogen-bond donors (Lipinski definition) is 0. The summed E-state index contributed by atoms with van der Waals surface area (Å²) < 4.78 is 0. The van der Waals surface area contributed by atoms with Gasteiger partial charge in [0.15, 0.2) is 5.78 Å². The average molecular weight is 208 g/mol. The summed E-state index contributed by atoms with van der Waals surface area (Å²) in [4.78, 5) is 11.5. The first-order chi connectivity index (χ1) is 7.33. The SMILES string of the molecule is CCCCCCC(=O)/C=C/C1CCCC1. The lowest BCUT2D eigenvalue weighted by molar-refractivity contribution is -0.114. The summed E-state index contributed by atoms with van der Waals surface area (Å²) in [7, 11) is 0. The quantitative estimate of drug-likeness (QED) is 0.451. The van der Waals surface area contributed by atoms with Crippen molar-refractivity contribution in [1.29, 1.82) is 0 Å². The van der Waals surface area contributed by atoms with Crippen LogP contribution in [0.4, 0.5) is 0 Å². The molecule has 1 nitrogen and oxygen atoms in total. The first-order valence-corrected chi connectivity index (χ1v) is 6.54. The van der Waals surface area contributed by atoms with Gasteiger partial charge in [-0.25, -0.2) is 0 Å². The molecular formula is C14H24O. The van der Waals surface area contributed by atoms with E-state index in [1.165, 1.54) is 44.9 Å². The van der Waals surface area contributed by atoms with Gasteiger partial charge in [0.2, 0.25) is 0 Å². The Morgan fingerprint density at radius 2 is 1.93 bits per heavy atom. The molecule has 86 valence electrons. The highest BCUT2D eigenvalue weighted by molar-refractivity contribution is 5.89. The molecule has 1 aliphatic carbocycles. The van der Waals surface area contributed by atoms with E-state index in [-0.39, 0.29) is 0 Å². The Labute approximate surface area is 93.9 Å². The van der Waals surface area contributed by atoms with Crippen LogP contribution in [0.1, 0.15) is 64.7 Å². The van der Waals surface area contributed by atoms with Gasteiger partial charge in [-0.3, -0.25) is 4.79 Å². The zero-order valence-electron chi connectivity index (χ0n) is 10.0. The smallest absolute Gasteiger partial charge is 0.155 e. The molecular weight excluding hydrogens is 184 g/mol. The number of hydrogen-bond acceptors (Lipinski definition) is 1. The Morgan fingerprint density at radius 3 is 2.60 bits per heavy atom. The van der Waals surface area contributed by atoms with E-state index in [2.05, 4.69) is 13.0 Å². The predicted octanol–water partition coefficient (Wildman–Crippen LogP) is 4.27. The van der Waals surface area contributed by atoms with Crippen molar-refractivity contribution in [3.63, 3.8) is 0 Å². The monoisotopic (exact) mass is 208 g/mol. The molecule has 0 spiro atoms. The van der Waals surface area contributed by atoms with Gasteiger partial charge in [0.05, 0.1) is 0 Å². The topological polar surface area (TPSA) is 17.1 Å². The molecule has 0 unspecified atom stereocenters. The van der Waals surface area contributed by atoms with Crippen molar-refractivity contribution >= 4 is 5.78 Å². The van der Waals surface area contributed by atoms with Crippen LogP contribution in [0.5, 0.6) is 0 Å². The number of carbonyl (C=O) groups is 1. The van der Waals surface area contributed by atoms with Gasteiger partial charge in [0, 0.05) is 6.42 Å². The molecule has 1 fully saturated rings. The van der Waals surface area contributed by atoms with Crippen molar-refractivity contribution in [3.05, 3.63) is 12.2 Å². The zero-order valence-corrected chi connectivity index (χ0v) is 10.0. The van der Waals surface area contributed by atoms with Gasteiger partial charge < -0.3 is 0 Å². The van der Waals surface area contributed by atoms with Crippen LogP contribution in [0.15, 0.2) is 12.2 Å². The van der Waals surface area contributed by atoms with Crippen molar-refractivity contribution < 1.29 is 4.79 Å². The van der Waals surface area contributed by atoms with Gasteiger partial charge in [0.25, 0.3) is 0 Å². The summed E-state index contributed by atoms with van der Waals surface area (Å²) in [6, 6.07) is 0. The Balaban J connectivity index is 2.06. The third-order valence-corrected chi connectivity index (χ3v) is 3.23. The van der Waals surface area contributed by atoms with Crippen LogP contribution in [0.3, 0.4) is 0 Å². The molecule has 0 atom stereocenters.